The number of esters is 1. The van der Waals surface area contributed by atoms with Crippen molar-refractivity contribution in [3.05, 3.63) is 96.1 Å². The number of hydrogen-bond acceptors (Lipinski definition) is 4. The van der Waals surface area contributed by atoms with E-state index >= 15 is 0 Å². The molecule has 0 bridgehead atoms. The van der Waals surface area contributed by atoms with Crippen molar-refractivity contribution in [1.29, 1.82) is 0 Å². The number of carbonyl (C=O) groups is 2. The average molecular weight is 437 g/mol. The number of alkyl carbamates (subject to hydrolysis) is 1. The predicted molar refractivity (Wildman–Crippen MR) is 129 cm³/mol. The minimum Gasteiger partial charge on any atom is -0.459 e. The molecule has 0 saturated heterocycles. The maximum atomic E-state index is 12.5. The zero-order valence-electron chi connectivity index (χ0n) is 18.2. The molecule has 0 spiro atoms. The molecule has 5 aromatic rings. The van der Waals surface area contributed by atoms with E-state index in [0.717, 1.165) is 21.9 Å². The molecule has 0 aliphatic heterocycles. The van der Waals surface area contributed by atoms with Gasteiger partial charge in [-0.15, -0.1) is 0 Å². The fourth-order valence-electron chi connectivity index (χ4n) is 4.20. The number of rotatable bonds is 6. The maximum absolute atomic E-state index is 12.5. The SMILES string of the molecule is C[C@H](NC(=O)OCc1ccccc1)C(=O)OCc1ccc2ccc3cccc4ccc1c2c34. The van der Waals surface area contributed by atoms with Crippen molar-refractivity contribution in [1.82, 2.24) is 5.32 Å². The number of benzene rings is 5. The second-order valence-corrected chi connectivity index (χ2v) is 8.12. The molecule has 1 atom stereocenters. The second kappa shape index (κ2) is 8.79. The zero-order chi connectivity index (χ0) is 22.8. The van der Waals surface area contributed by atoms with E-state index in [1.807, 2.05) is 36.4 Å². The lowest BCUT2D eigenvalue weighted by molar-refractivity contribution is -0.146. The molecule has 1 N–H and O–H groups in total. The molecular weight excluding hydrogens is 414 g/mol. The van der Waals surface area contributed by atoms with Gasteiger partial charge < -0.3 is 14.8 Å². The summed E-state index contributed by atoms with van der Waals surface area (Å²) < 4.78 is 10.7. The number of nitrogens with one attached hydrogen (secondary N) is 1. The fraction of sp³-hybridized carbons (Fsp3) is 0.143. The summed E-state index contributed by atoms with van der Waals surface area (Å²) in [6.45, 7) is 1.84. The van der Waals surface area contributed by atoms with Crippen LogP contribution < -0.4 is 5.32 Å². The third-order valence-corrected chi connectivity index (χ3v) is 5.89. The fourth-order valence-corrected chi connectivity index (χ4v) is 4.20. The molecule has 0 aromatic heterocycles. The first-order valence-electron chi connectivity index (χ1n) is 10.9. The Hall–Kier alpha value is -4.12. The van der Waals surface area contributed by atoms with Crippen LogP contribution in [0.5, 0.6) is 0 Å². The van der Waals surface area contributed by atoms with Crippen LogP contribution in [0.1, 0.15) is 18.1 Å². The quantitative estimate of drug-likeness (QED) is 0.264. The summed E-state index contributed by atoms with van der Waals surface area (Å²) in [5.74, 6) is -0.516. The van der Waals surface area contributed by atoms with Crippen LogP contribution in [0.25, 0.3) is 32.3 Å². The summed E-state index contributed by atoms with van der Waals surface area (Å²) in [5, 5.41) is 9.51. The highest BCUT2D eigenvalue weighted by Crippen LogP contribution is 2.36. The summed E-state index contributed by atoms with van der Waals surface area (Å²) in [7, 11) is 0. The highest BCUT2D eigenvalue weighted by atomic mass is 16.6. The Morgan fingerprint density at radius 1 is 0.727 bits per heavy atom. The van der Waals surface area contributed by atoms with E-state index in [9.17, 15) is 9.59 Å². The van der Waals surface area contributed by atoms with Gasteiger partial charge in [0.05, 0.1) is 0 Å². The average Bonchev–Trinajstić information content (AvgIpc) is 2.85. The van der Waals surface area contributed by atoms with Crippen LogP contribution >= 0.6 is 0 Å². The van der Waals surface area contributed by atoms with Gasteiger partial charge in [0.1, 0.15) is 19.3 Å². The molecule has 0 aliphatic carbocycles. The largest absolute Gasteiger partial charge is 0.459 e. The van der Waals surface area contributed by atoms with Gasteiger partial charge in [-0.05, 0) is 50.4 Å². The molecule has 0 unspecified atom stereocenters. The third kappa shape index (κ3) is 4.17. The molecule has 5 aromatic carbocycles. The second-order valence-electron chi connectivity index (χ2n) is 8.12. The molecule has 0 heterocycles. The third-order valence-electron chi connectivity index (χ3n) is 5.89. The van der Waals surface area contributed by atoms with Crippen molar-refractivity contribution in [2.45, 2.75) is 26.2 Å². The van der Waals surface area contributed by atoms with Gasteiger partial charge in [-0.2, -0.15) is 0 Å². The van der Waals surface area contributed by atoms with Crippen molar-refractivity contribution in [2.75, 3.05) is 0 Å². The molecule has 0 radical (unpaired) electrons. The van der Waals surface area contributed by atoms with Crippen LogP contribution in [0.15, 0.2) is 84.9 Å². The first kappa shape index (κ1) is 20.8. The van der Waals surface area contributed by atoms with Gasteiger partial charge in [-0.25, -0.2) is 9.59 Å². The molecule has 5 heteroatoms. The highest BCUT2D eigenvalue weighted by molar-refractivity contribution is 6.23. The van der Waals surface area contributed by atoms with Crippen molar-refractivity contribution in [2.24, 2.45) is 0 Å². The van der Waals surface area contributed by atoms with Crippen LogP contribution in [0.2, 0.25) is 0 Å². The lowest BCUT2D eigenvalue weighted by Gasteiger charge is -2.16. The van der Waals surface area contributed by atoms with Crippen molar-refractivity contribution < 1.29 is 19.1 Å². The Morgan fingerprint density at radius 2 is 1.39 bits per heavy atom. The first-order chi connectivity index (χ1) is 16.1. The maximum Gasteiger partial charge on any atom is 0.408 e. The monoisotopic (exact) mass is 437 g/mol. The molecule has 164 valence electrons. The molecule has 0 fully saturated rings. The van der Waals surface area contributed by atoms with E-state index < -0.39 is 18.1 Å². The number of hydrogen-bond donors (Lipinski definition) is 1. The van der Waals surface area contributed by atoms with Gasteiger partial charge in [0, 0.05) is 0 Å². The number of carbonyl (C=O) groups excluding carboxylic acids is 2. The Labute approximate surface area is 191 Å². The van der Waals surface area contributed by atoms with Crippen molar-refractivity contribution in [3.63, 3.8) is 0 Å². The minimum absolute atomic E-state index is 0.123. The smallest absolute Gasteiger partial charge is 0.408 e. The van der Waals surface area contributed by atoms with E-state index in [1.165, 1.54) is 21.5 Å². The Morgan fingerprint density at radius 3 is 2.15 bits per heavy atom. The summed E-state index contributed by atoms with van der Waals surface area (Å²) in [6.07, 6.45) is -0.661. The van der Waals surface area contributed by atoms with Crippen molar-refractivity contribution in [3.8, 4) is 0 Å². The lowest BCUT2D eigenvalue weighted by atomic mass is 9.92. The Balaban J connectivity index is 1.26. The minimum atomic E-state index is -0.826. The first-order valence-corrected chi connectivity index (χ1v) is 10.9. The molecule has 33 heavy (non-hydrogen) atoms. The summed E-state index contributed by atoms with van der Waals surface area (Å²) in [5.41, 5.74) is 1.80. The number of ether oxygens (including phenoxy) is 2. The van der Waals surface area contributed by atoms with Crippen LogP contribution in [0.4, 0.5) is 4.79 Å². The topological polar surface area (TPSA) is 64.6 Å². The van der Waals surface area contributed by atoms with Crippen LogP contribution in [0, 0.1) is 0 Å². The molecule has 5 rings (SSSR count). The Kier molecular flexibility index (Phi) is 5.53. The normalized spacial score (nSPS) is 12.2. The van der Waals surface area contributed by atoms with E-state index in [4.69, 9.17) is 9.47 Å². The van der Waals surface area contributed by atoms with Gasteiger partial charge in [-0.1, -0.05) is 84.9 Å². The van der Waals surface area contributed by atoms with Gasteiger partial charge in [0.15, 0.2) is 0 Å². The summed E-state index contributed by atoms with van der Waals surface area (Å²) in [4.78, 5) is 24.5. The Bertz CT molecular complexity index is 1430. The lowest BCUT2D eigenvalue weighted by Crippen LogP contribution is -2.39. The van der Waals surface area contributed by atoms with E-state index in [1.54, 1.807) is 6.92 Å². The standard InChI is InChI=1S/C28H23NO4/c1-18(29-28(31)33-16-19-6-3-2-4-7-19)27(30)32-17-23-13-12-22-11-10-20-8-5-9-21-14-15-24(23)26(22)25(20)21/h2-15,18H,16-17H2,1H3,(H,29,31)/t18-/m0/s1. The molecule has 0 aliphatic rings. The van der Waals surface area contributed by atoms with E-state index in [2.05, 4.69) is 53.8 Å². The van der Waals surface area contributed by atoms with E-state index in [-0.39, 0.29) is 13.2 Å². The van der Waals surface area contributed by atoms with Gasteiger partial charge in [-0.3, -0.25) is 0 Å². The van der Waals surface area contributed by atoms with Crippen LogP contribution in [-0.4, -0.2) is 18.1 Å². The predicted octanol–water partition coefficient (Wildman–Crippen LogP) is 5.94. The zero-order valence-corrected chi connectivity index (χ0v) is 18.2. The molecule has 1 amide bonds. The highest BCUT2D eigenvalue weighted by Gasteiger charge is 2.19. The number of amides is 1. The van der Waals surface area contributed by atoms with Crippen LogP contribution in [0.3, 0.4) is 0 Å². The molecule has 5 nitrogen and oxygen atoms in total. The van der Waals surface area contributed by atoms with Crippen molar-refractivity contribution >= 4 is 44.4 Å². The molecule has 0 saturated carbocycles. The van der Waals surface area contributed by atoms with Gasteiger partial charge >= 0.3 is 12.1 Å². The summed E-state index contributed by atoms with van der Waals surface area (Å²) in [6, 6.07) is 27.3. The molecular formula is C28H23NO4. The van der Waals surface area contributed by atoms with Gasteiger partial charge in [0.2, 0.25) is 0 Å². The van der Waals surface area contributed by atoms with Gasteiger partial charge in [0.25, 0.3) is 0 Å². The van der Waals surface area contributed by atoms with E-state index in [0.29, 0.717) is 0 Å². The van der Waals surface area contributed by atoms with Crippen LogP contribution in [-0.2, 0) is 27.5 Å². The summed E-state index contributed by atoms with van der Waals surface area (Å²) >= 11 is 0.